The number of terminal acetylenes is 1. The Morgan fingerprint density at radius 1 is 1.07 bits per heavy atom. The quantitative estimate of drug-likeness (QED) is 0.709. The van der Waals surface area contributed by atoms with Crippen molar-refractivity contribution < 1.29 is 18.0 Å². The number of hydrogen-bond acceptors (Lipinski definition) is 4. The number of anilines is 1. The first kappa shape index (κ1) is 20.6. The van der Waals surface area contributed by atoms with Crippen molar-refractivity contribution in [3.63, 3.8) is 0 Å². The number of amides is 2. The van der Waals surface area contributed by atoms with E-state index in [1.807, 2.05) is 0 Å². The molecule has 1 fully saturated rings. The fourth-order valence-electron chi connectivity index (χ4n) is 3.01. The molecule has 3 rings (SSSR count). The smallest absolute Gasteiger partial charge is 0.251 e. The molecule has 0 unspecified atom stereocenters. The first-order chi connectivity index (χ1) is 13.9. The normalized spacial score (nSPS) is 14.2. The second kappa shape index (κ2) is 8.90. The van der Waals surface area contributed by atoms with Gasteiger partial charge in [-0.15, -0.1) is 6.42 Å². The van der Waals surface area contributed by atoms with Gasteiger partial charge in [0.05, 0.1) is 11.4 Å². The van der Waals surface area contributed by atoms with Gasteiger partial charge in [0.1, 0.15) is 0 Å². The van der Waals surface area contributed by atoms with Crippen LogP contribution in [0.1, 0.15) is 28.8 Å². The largest absolute Gasteiger partial charge is 0.343 e. The molecule has 1 heterocycles. The Kier molecular flexibility index (Phi) is 6.32. The van der Waals surface area contributed by atoms with Gasteiger partial charge >= 0.3 is 0 Å². The van der Waals surface area contributed by atoms with Crippen molar-refractivity contribution in [2.24, 2.45) is 0 Å². The van der Waals surface area contributed by atoms with E-state index in [4.69, 9.17) is 6.42 Å². The molecule has 0 spiro atoms. The van der Waals surface area contributed by atoms with Crippen molar-refractivity contribution in [1.29, 1.82) is 0 Å². The van der Waals surface area contributed by atoms with Crippen molar-refractivity contribution in [1.82, 2.24) is 9.62 Å². The zero-order valence-electron chi connectivity index (χ0n) is 15.7. The number of nitrogens with one attached hydrogen (secondary N) is 2. The highest BCUT2D eigenvalue weighted by atomic mass is 32.2. The van der Waals surface area contributed by atoms with Gasteiger partial charge in [-0.25, -0.2) is 8.42 Å². The van der Waals surface area contributed by atoms with E-state index in [2.05, 4.69) is 16.6 Å². The van der Waals surface area contributed by atoms with Gasteiger partial charge in [0, 0.05) is 29.9 Å². The van der Waals surface area contributed by atoms with Gasteiger partial charge in [0.25, 0.3) is 5.91 Å². The third kappa shape index (κ3) is 5.02. The summed E-state index contributed by atoms with van der Waals surface area (Å²) in [5, 5.41) is 5.16. The maximum absolute atomic E-state index is 12.5. The summed E-state index contributed by atoms with van der Waals surface area (Å²) in [5.74, 6) is 1.61. The third-order valence-corrected chi connectivity index (χ3v) is 6.45. The van der Waals surface area contributed by atoms with Gasteiger partial charge in [-0.2, -0.15) is 4.31 Å². The molecule has 0 atom stereocenters. The Labute approximate surface area is 170 Å². The fourth-order valence-corrected chi connectivity index (χ4v) is 4.53. The average molecular weight is 411 g/mol. The predicted octanol–water partition coefficient (Wildman–Crippen LogP) is 1.82. The van der Waals surface area contributed by atoms with Crippen LogP contribution in [0.15, 0.2) is 53.4 Å². The zero-order chi connectivity index (χ0) is 20.9. The van der Waals surface area contributed by atoms with Crippen LogP contribution in [-0.2, 0) is 14.8 Å². The van der Waals surface area contributed by atoms with E-state index >= 15 is 0 Å². The van der Waals surface area contributed by atoms with Gasteiger partial charge < -0.3 is 10.6 Å². The molecule has 8 heteroatoms. The minimum Gasteiger partial charge on any atom is -0.343 e. The first-order valence-corrected chi connectivity index (χ1v) is 10.6. The summed E-state index contributed by atoms with van der Waals surface area (Å²) in [6.07, 6.45) is 7.04. The lowest BCUT2D eigenvalue weighted by molar-refractivity contribution is -0.115. The molecule has 0 saturated carbocycles. The van der Waals surface area contributed by atoms with Gasteiger partial charge in [0.2, 0.25) is 15.9 Å². The summed E-state index contributed by atoms with van der Waals surface area (Å²) in [5.41, 5.74) is 1.44. The van der Waals surface area contributed by atoms with E-state index in [9.17, 15) is 18.0 Å². The van der Waals surface area contributed by atoms with Crippen molar-refractivity contribution >= 4 is 27.5 Å². The van der Waals surface area contributed by atoms with E-state index in [1.165, 1.54) is 28.6 Å². The van der Waals surface area contributed by atoms with Gasteiger partial charge in [-0.05, 0) is 55.3 Å². The van der Waals surface area contributed by atoms with Crippen molar-refractivity contribution in [2.45, 2.75) is 17.7 Å². The molecular weight excluding hydrogens is 390 g/mol. The highest BCUT2D eigenvalue weighted by molar-refractivity contribution is 7.89. The lowest BCUT2D eigenvalue weighted by Crippen LogP contribution is -2.33. The minimum atomic E-state index is -3.52. The molecule has 2 aromatic rings. The maximum Gasteiger partial charge on any atom is 0.251 e. The topological polar surface area (TPSA) is 95.6 Å². The molecule has 0 aliphatic carbocycles. The van der Waals surface area contributed by atoms with Crippen molar-refractivity contribution in [3.05, 3.63) is 59.7 Å². The highest BCUT2D eigenvalue weighted by Gasteiger charge is 2.27. The molecule has 0 aromatic heterocycles. The monoisotopic (exact) mass is 411 g/mol. The van der Waals surface area contributed by atoms with Crippen molar-refractivity contribution in [3.8, 4) is 12.3 Å². The van der Waals surface area contributed by atoms with E-state index < -0.39 is 21.8 Å². The second-order valence-corrected chi connectivity index (χ2v) is 8.53. The second-order valence-electron chi connectivity index (χ2n) is 6.59. The molecule has 2 N–H and O–H groups in total. The van der Waals surface area contributed by atoms with Crippen LogP contribution < -0.4 is 10.6 Å². The Hall–Kier alpha value is -3.15. The Morgan fingerprint density at radius 3 is 2.41 bits per heavy atom. The lowest BCUT2D eigenvalue weighted by atomic mass is 10.2. The molecule has 0 bridgehead atoms. The van der Waals surface area contributed by atoms with E-state index in [-0.39, 0.29) is 17.0 Å². The number of nitrogens with zero attached hydrogens (tertiary/aromatic N) is 1. The Morgan fingerprint density at radius 2 is 1.76 bits per heavy atom. The maximum atomic E-state index is 12.5. The summed E-state index contributed by atoms with van der Waals surface area (Å²) in [7, 11) is -3.52. The molecule has 29 heavy (non-hydrogen) atoms. The summed E-state index contributed by atoms with van der Waals surface area (Å²) < 4.78 is 26.5. The predicted molar refractivity (Wildman–Crippen MR) is 110 cm³/mol. The fraction of sp³-hybridized carbons (Fsp3) is 0.238. The van der Waals surface area contributed by atoms with Crippen LogP contribution in [0.25, 0.3) is 0 Å². The molecule has 1 saturated heterocycles. The Bertz CT molecular complexity index is 1050. The van der Waals surface area contributed by atoms with Gasteiger partial charge in [0.15, 0.2) is 0 Å². The summed E-state index contributed by atoms with van der Waals surface area (Å²) in [4.78, 5) is 24.4. The van der Waals surface area contributed by atoms with Crippen LogP contribution in [0, 0.1) is 12.3 Å². The van der Waals surface area contributed by atoms with E-state index in [0.29, 0.717) is 24.3 Å². The number of benzene rings is 2. The molecule has 7 nitrogen and oxygen atoms in total. The molecule has 2 aromatic carbocycles. The highest BCUT2D eigenvalue weighted by Crippen LogP contribution is 2.21. The van der Waals surface area contributed by atoms with Crippen LogP contribution in [-0.4, -0.2) is 44.2 Å². The van der Waals surface area contributed by atoms with E-state index in [1.54, 1.807) is 24.3 Å². The summed E-state index contributed by atoms with van der Waals surface area (Å²) >= 11 is 0. The summed E-state index contributed by atoms with van der Waals surface area (Å²) in [6, 6.07) is 12.5. The third-order valence-electron chi connectivity index (χ3n) is 4.54. The summed E-state index contributed by atoms with van der Waals surface area (Å²) in [6.45, 7) is 0.806. The molecule has 1 aliphatic rings. The number of hydrogen-bond donors (Lipinski definition) is 2. The van der Waals surface area contributed by atoms with E-state index in [0.717, 1.165) is 12.8 Å². The SMILES string of the molecule is C#Cc1cccc(NC(=O)CNC(=O)c2ccc(S(=O)(=O)N3CCCC3)cc2)c1. The van der Waals surface area contributed by atoms with Crippen LogP contribution >= 0.6 is 0 Å². The molecule has 150 valence electrons. The number of sulfonamides is 1. The average Bonchev–Trinajstić information content (AvgIpc) is 3.28. The van der Waals surface area contributed by atoms with Gasteiger partial charge in [-0.1, -0.05) is 12.0 Å². The van der Waals surface area contributed by atoms with Crippen LogP contribution in [0.3, 0.4) is 0 Å². The standard InChI is InChI=1S/C21H21N3O4S/c1-2-16-6-5-7-18(14-16)23-20(25)15-22-21(26)17-8-10-19(11-9-17)29(27,28)24-12-3-4-13-24/h1,5-11,14H,3-4,12-13,15H2,(H,22,26)(H,23,25). The van der Waals surface area contributed by atoms with Crippen molar-refractivity contribution in [2.75, 3.05) is 25.0 Å². The number of carbonyl (C=O) groups is 2. The molecule has 2 amide bonds. The van der Waals surface area contributed by atoms with Gasteiger partial charge in [-0.3, -0.25) is 9.59 Å². The zero-order valence-corrected chi connectivity index (χ0v) is 16.5. The minimum absolute atomic E-state index is 0.155. The molecule has 1 aliphatic heterocycles. The first-order valence-electron chi connectivity index (χ1n) is 9.15. The molecular formula is C21H21N3O4S. The number of carbonyl (C=O) groups excluding carboxylic acids is 2. The molecule has 0 radical (unpaired) electrons. The lowest BCUT2D eigenvalue weighted by Gasteiger charge is -2.15. The van der Waals surface area contributed by atoms with Crippen LogP contribution in [0.4, 0.5) is 5.69 Å². The van der Waals surface area contributed by atoms with Crippen LogP contribution in [0.5, 0.6) is 0 Å². The van der Waals surface area contributed by atoms with Crippen LogP contribution in [0.2, 0.25) is 0 Å². The Balaban J connectivity index is 1.56. The number of rotatable bonds is 6.